The van der Waals surface area contributed by atoms with Crippen LogP contribution >= 0.6 is 0 Å². The van der Waals surface area contributed by atoms with E-state index in [-0.39, 0.29) is 28.4 Å². The Morgan fingerprint density at radius 2 is 1.40 bits per heavy atom. The van der Waals surface area contributed by atoms with Crippen LogP contribution in [0.5, 0.6) is 0 Å². The van der Waals surface area contributed by atoms with Gasteiger partial charge in [-0.2, -0.15) is 0 Å². The molecule has 1 aliphatic rings. The summed E-state index contributed by atoms with van der Waals surface area (Å²) in [4.78, 5) is 34.1. The van der Waals surface area contributed by atoms with Gasteiger partial charge in [0, 0.05) is 45.3 Å². The van der Waals surface area contributed by atoms with E-state index in [0.29, 0.717) is 11.1 Å². The third-order valence-corrected chi connectivity index (χ3v) is 6.39. The maximum Gasteiger partial charge on any atom is 0.232 e. The van der Waals surface area contributed by atoms with Gasteiger partial charge in [0.25, 0.3) is 0 Å². The van der Waals surface area contributed by atoms with E-state index >= 15 is 0 Å². The summed E-state index contributed by atoms with van der Waals surface area (Å²) in [5, 5.41) is 1.68. The van der Waals surface area contributed by atoms with E-state index in [1.807, 2.05) is 36.4 Å². The second-order valence-corrected chi connectivity index (χ2v) is 8.75. The molecule has 6 heteroatoms. The lowest BCUT2D eigenvalue weighted by Crippen LogP contribution is -2.24. The summed E-state index contributed by atoms with van der Waals surface area (Å²) < 4.78 is 11.2. The lowest BCUT2D eigenvalue weighted by atomic mass is 9.85. The number of allylic oxidation sites excluding steroid dienone is 4. The van der Waals surface area contributed by atoms with E-state index in [4.69, 9.17) is 9.47 Å². The predicted molar refractivity (Wildman–Crippen MR) is 138 cm³/mol. The molecule has 0 spiro atoms. The minimum Gasteiger partial charge on any atom is -0.492 e. The maximum absolute atomic E-state index is 13.8. The number of ketones is 2. The van der Waals surface area contributed by atoms with Crippen molar-refractivity contribution in [3.63, 3.8) is 0 Å². The second-order valence-electron chi connectivity index (χ2n) is 8.75. The molecule has 0 unspecified atom stereocenters. The largest absolute Gasteiger partial charge is 0.492 e. The molecule has 0 saturated heterocycles. The zero-order chi connectivity index (χ0) is 24.7. The Bertz CT molecular complexity index is 1590. The van der Waals surface area contributed by atoms with Crippen LogP contribution in [0.25, 0.3) is 33.0 Å². The number of methoxy groups -OCH3 is 2. The molecule has 0 aliphatic heterocycles. The number of benzene rings is 2. The third-order valence-electron chi connectivity index (χ3n) is 6.39. The van der Waals surface area contributed by atoms with E-state index < -0.39 is 5.78 Å². The summed E-state index contributed by atoms with van der Waals surface area (Å²) in [7, 11) is 2.83. The molecule has 0 bridgehead atoms. The summed E-state index contributed by atoms with van der Waals surface area (Å²) in [6, 6.07) is 13.6. The monoisotopic (exact) mass is 466 g/mol. The van der Waals surface area contributed by atoms with Crippen LogP contribution < -0.4 is 0 Å². The number of carbonyl (C=O) groups is 2. The topological polar surface area (TPSA) is 84.2 Å². The molecule has 4 aromatic rings. The number of hydrogen-bond acceptors (Lipinski definition) is 4. The van der Waals surface area contributed by atoms with Crippen molar-refractivity contribution in [2.75, 3.05) is 14.2 Å². The molecule has 0 radical (unpaired) electrons. The zero-order valence-electron chi connectivity index (χ0n) is 20.1. The van der Waals surface area contributed by atoms with E-state index in [9.17, 15) is 9.59 Å². The number of H-pyrrole nitrogens is 2. The number of rotatable bonds is 6. The number of carbonyl (C=O) groups excluding carboxylic acids is 2. The SMILES string of the molecule is COC1=C(c2c[nH]c3ccccc23)C(=O)C(OC)=C(c2c[nH]c3c(CC=C(C)C)cccc23)C1=O. The molecule has 0 amide bonds. The van der Waals surface area contributed by atoms with Crippen molar-refractivity contribution in [3.8, 4) is 0 Å². The standard InChI is InChI=1S/C29H26N2O4/c1-16(2)12-13-17-8-7-10-19-21(15-31-25(17)19)24-27(33)28(34-3)23(26(32)29(24)35-4)20-14-30-22-11-6-5-9-18(20)22/h5-12,14-15,30-31H,13H2,1-4H3. The van der Waals surface area contributed by atoms with Crippen LogP contribution in [-0.4, -0.2) is 35.8 Å². The van der Waals surface area contributed by atoms with Gasteiger partial charge in [-0.3, -0.25) is 9.59 Å². The quantitative estimate of drug-likeness (QED) is 0.281. The first-order valence-electron chi connectivity index (χ1n) is 11.4. The van der Waals surface area contributed by atoms with Gasteiger partial charge in [-0.1, -0.05) is 48.0 Å². The first kappa shape index (κ1) is 22.5. The van der Waals surface area contributed by atoms with Gasteiger partial charge in [-0.15, -0.1) is 0 Å². The third kappa shape index (κ3) is 3.58. The van der Waals surface area contributed by atoms with E-state index in [1.165, 1.54) is 19.8 Å². The summed E-state index contributed by atoms with van der Waals surface area (Å²) in [6.45, 7) is 4.12. The molecule has 0 fully saturated rings. The van der Waals surface area contributed by atoms with Gasteiger partial charge in [0.2, 0.25) is 11.6 Å². The normalized spacial score (nSPS) is 14.3. The molecule has 2 heterocycles. The van der Waals surface area contributed by atoms with Crippen molar-refractivity contribution in [1.82, 2.24) is 9.97 Å². The van der Waals surface area contributed by atoms with Crippen LogP contribution in [0, 0.1) is 0 Å². The molecule has 6 nitrogen and oxygen atoms in total. The van der Waals surface area contributed by atoms with Gasteiger partial charge in [0.15, 0.2) is 11.5 Å². The number of hydrogen-bond donors (Lipinski definition) is 2. The van der Waals surface area contributed by atoms with E-state index in [2.05, 4.69) is 36.0 Å². The molecule has 1 aliphatic carbocycles. The number of para-hydroxylation sites is 2. The van der Waals surface area contributed by atoms with Crippen LogP contribution in [0.3, 0.4) is 0 Å². The fraction of sp³-hybridized carbons (Fsp3) is 0.172. The smallest absolute Gasteiger partial charge is 0.232 e. The Morgan fingerprint density at radius 1 is 0.800 bits per heavy atom. The van der Waals surface area contributed by atoms with Crippen LogP contribution in [-0.2, 0) is 25.5 Å². The predicted octanol–water partition coefficient (Wildman–Crippen LogP) is 5.72. The van der Waals surface area contributed by atoms with Crippen molar-refractivity contribution in [2.45, 2.75) is 20.3 Å². The lowest BCUT2D eigenvalue weighted by Gasteiger charge is -2.22. The molecule has 2 aromatic heterocycles. The Hall–Kier alpha value is -4.32. The molecule has 35 heavy (non-hydrogen) atoms. The number of fused-ring (bicyclic) bond motifs is 2. The number of aromatic nitrogens is 2. The van der Waals surface area contributed by atoms with Crippen molar-refractivity contribution in [3.05, 3.63) is 94.7 Å². The van der Waals surface area contributed by atoms with Crippen molar-refractivity contribution >= 4 is 44.5 Å². The summed E-state index contributed by atoms with van der Waals surface area (Å²) in [5.74, 6) is -0.768. The molecular weight excluding hydrogens is 440 g/mol. The summed E-state index contributed by atoms with van der Waals surface area (Å²) >= 11 is 0. The highest BCUT2D eigenvalue weighted by molar-refractivity contribution is 6.48. The minimum atomic E-state index is -0.390. The minimum absolute atomic E-state index is 0.00518. The van der Waals surface area contributed by atoms with Crippen LogP contribution in [0.4, 0.5) is 0 Å². The molecule has 0 atom stereocenters. The first-order valence-corrected chi connectivity index (χ1v) is 11.4. The number of nitrogens with one attached hydrogen (secondary N) is 2. The second kappa shape index (κ2) is 8.80. The van der Waals surface area contributed by atoms with Crippen molar-refractivity contribution < 1.29 is 19.1 Å². The van der Waals surface area contributed by atoms with Gasteiger partial charge < -0.3 is 19.4 Å². The number of Topliss-reactive ketones (excluding diaryl/α,β-unsaturated/α-hetero) is 2. The Labute approximate surface area is 202 Å². The zero-order valence-corrected chi connectivity index (χ0v) is 20.1. The number of ether oxygens (including phenoxy) is 2. The molecule has 0 saturated carbocycles. The van der Waals surface area contributed by atoms with Gasteiger partial charge in [-0.05, 0) is 31.9 Å². The molecular formula is C29H26N2O4. The molecule has 176 valence electrons. The van der Waals surface area contributed by atoms with E-state index in [0.717, 1.165) is 33.8 Å². The molecule has 2 N–H and O–H groups in total. The highest BCUT2D eigenvalue weighted by Gasteiger charge is 2.39. The summed E-state index contributed by atoms with van der Waals surface area (Å²) in [5.41, 5.74) is 5.72. The van der Waals surface area contributed by atoms with E-state index in [1.54, 1.807) is 12.4 Å². The maximum atomic E-state index is 13.8. The van der Waals surface area contributed by atoms with Crippen LogP contribution in [0.1, 0.15) is 30.5 Å². The fourth-order valence-corrected chi connectivity index (χ4v) is 4.73. The van der Waals surface area contributed by atoms with Crippen LogP contribution in [0.15, 0.2) is 78.0 Å². The van der Waals surface area contributed by atoms with Crippen molar-refractivity contribution in [1.29, 1.82) is 0 Å². The first-order chi connectivity index (χ1) is 17.0. The van der Waals surface area contributed by atoms with Crippen LogP contribution in [0.2, 0.25) is 0 Å². The highest BCUT2D eigenvalue weighted by Crippen LogP contribution is 2.40. The average Bonchev–Trinajstić information content (AvgIpc) is 3.48. The Balaban J connectivity index is 1.69. The van der Waals surface area contributed by atoms with Gasteiger partial charge in [0.1, 0.15) is 0 Å². The average molecular weight is 467 g/mol. The Morgan fingerprint density at radius 3 is 2.06 bits per heavy atom. The van der Waals surface area contributed by atoms with Gasteiger partial charge in [-0.25, -0.2) is 0 Å². The highest BCUT2D eigenvalue weighted by atomic mass is 16.5. The number of aromatic amines is 2. The molecule has 2 aromatic carbocycles. The Kier molecular flexibility index (Phi) is 5.65. The molecule has 5 rings (SSSR count). The van der Waals surface area contributed by atoms with Gasteiger partial charge in [0.05, 0.1) is 25.4 Å². The van der Waals surface area contributed by atoms with Crippen molar-refractivity contribution in [2.24, 2.45) is 0 Å². The van der Waals surface area contributed by atoms with Gasteiger partial charge >= 0.3 is 0 Å². The summed E-state index contributed by atoms with van der Waals surface area (Å²) in [6.07, 6.45) is 6.41. The fourth-order valence-electron chi connectivity index (χ4n) is 4.73. The lowest BCUT2D eigenvalue weighted by molar-refractivity contribution is -0.117.